The molecule has 0 fully saturated rings. The van der Waals surface area contributed by atoms with Gasteiger partial charge in [-0.2, -0.15) is 0 Å². The van der Waals surface area contributed by atoms with Crippen LogP contribution in [0.1, 0.15) is 22.7 Å². The van der Waals surface area contributed by atoms with Crippen molar-refractivity contribution in [2.24, 2.45) is 0 Å². The van der Waals surface area contributed by atoms with Crippen LogP contribution in [0.3, 0.4) is 0 Å². The third kappa shape index (κ3) is 2.21. The fraction of sp³-hybridized carbons (Fsp3) is 0.364. The number of rotatable bonds is 3. The highest BCUT2D eigenvalue weighted by molar-refractivity contribution is 7.11. The molecule has 2 heterocycles. The number of nitrogens with zero attached hydrogens (tertiary/aromatic N) is 1. The van der Waals surface area contributed by atoms with Crippen LogP contribution in [0.2, 0.25) is 0 Å². The van der Waals surface area contributed by atoms with Gasteiger partial charge in [-0.1, -0.05) is 0 Å². The van der Waals surface area contributed by atoms with Crippen molar-refractivity contribution in [3.8, 4) is 0 Å². The predicted molar refractivity (Wildman–Crippen MR) is 62.5 cm³/mol. The molecule has 2 aromatic rings. The van der Waals surface area contributed by atoms with Crippen molar-refractivity contribution < 1.29 is 0 Å². The van der Waals surface area contributed by atoms with Crippen LogP contribution in [0.15, 0.2) is 29.3 Å². The summed E-state index contributed by atoms with van der Waals surface area (Å²) < 4.78 is 1.73. The number of nitrogens with one attached hydrogen (secondary N) is 1. The molecule has 0 aliphatic rings. The van der Waals surface area contributed by atoms with Crippen molar-refractivity contribution in [2.45, 2.75) is 26.3 Å². The molecule has 0 amide bonds. The number of aryl methyl sites for hydroxylation is 1. The fourth-order valence-corrected chi connectivity index (χ4v) is 2.67. The first-order valence-corrected chi connectivity index (χ1v) is 5.79. The first-order chi connectivity index (χ1) is 7.16. The molecule has 80 valence electrons. The van der Waals surface area contributed by atoms with E-state index >= 15 is 0 Å². The summed E-state index contributed by atoms with van der Waals surface area (Å²) in [6.45, 7) is 4.16. The number of H-pyrrole nitrogens is 1. The summed E-state index contributed by atoms with van der Waals surface area (Å²) in [5.74, 6) is 0. The maximum Gasteiger partial charge on any atom is 0.325 e. The normalized spacial score (nSPS) is 12.9. The second-order valence-electron chi connectivity index (χ2n) is 3.74. The topological polar surface area (TPSA) is 37.8 Å². The van der Waals surface area contributed by atoms with E-state index in [1.807, 2.05) is 0 Å². The summed E-state index contributed by atoms with van der Waals surface area (Å²) in [7, 11) is 0. The van der Waals surface area contributed by atoms with Crippen LogP contribution < -0.4 is 5.69 Å². The van der Waals surface area contributed by atoms with Crippen LogP contribution in [-0.2, 0) is 6.42 Å². The zero-order chi connectivity index (χ0) is 10.8. The van der Waals surface area contributed by atoms with Gasteiger partial charge in [0.1, 0.15) is 0 Å². The van der Waals surface area contributed by atoms with Gasteiger partial charge in [-0.15, -0.1) is 11.3 Å². The largest absolute Gasteiger partial charge is 0.325 e. The van der Waals surface area contributed by atoms with E-state index in [1.54, 1.807) is 28.3 Å². The first-order valence-electron chi connectivity index (χ1n) is 4.97. The minimum atomic E-state index is -0.0317. The molecule has 0 bridgehead atoms. The van der Waals surface area contributed by atoms with E-state index in [4.69, 9.17) is 0 Å². The van der Waals surface area contributed by atoms with E-state index in [-0.39, 0.29) is 11.7 Å². The Kier molecular flexibility index (Phi) is 2.77. The highest BCUT2D eigenvalue weighted by Crippen LogP contribution is 2.20. The van der Waals surface area contributed by atoms with Gasteiger partial charge < -0.3 is 4.98 Å². The van der Waals surface area contributed by atoms with Crippen molar-refractivity contribution in [2.75, 3.05) is 0 Å². The van der Waals surface area contributed by atoms with Crippen molar-refractivity contribution in [3.05, 3.63) is 44.8 Å². The predicted octanol–water partition coefficient (Wildman–Crippen LogP) is 2.35. The molecule has 2 rings (SSSR count). The van der Waals surface area contributed by atoms with Gasteiger partial charge in [0.05, 0.1) is 0 Å². The lowest BCUT2D eigenvalue weighted by Gasteiger charge is -2.10. The molecular formula is C11H14N2OS. The lowest BCUT2D eigenvalue weighted by Crippen LogP contribution is -2.20. The van der Waals surface area contributed by atoms with E-state index in [1.165, 1.54) is 9.75 Å². The third-order valence-electron chi connectivity index (χ3n) is 2.44. The molecule has 1 N–H and O–H groups in total. The Morgan fingerprint density at radius 3 is 2.87 bits per heavy atom. The first kappa shape index (κ1) is 10.2. The minimum absolute atomic E-state index is 0.0317. The molecule has 0 saturated carbocycles. The SMILES string of the molecule is Cc1ccc(CC(C)n2cc[nH]c2=O)s1. The molecule has 1 atom stereocenters. The molecule has 0 aromatic carbocycles. The van der Waals surface area contributed by atoms with E-state index in [9.17, 15) is 4.79 Å². The average Bonchev–Trinajstić information content (AvgIpc) is 2.75. The average molecular weight is 222 g/mol. The van der Waals surface area contributed by atoms with Gasteiger partial charge in [0.15, 0.2) is 0 Å². The Labute approximate surface area is 92.4 Å². The van der Waals surface area contributed by atoms with Crippen LogP contribution in [0.4, 0.5) is 0 Å². The Morgan fingerprint density at radius 1 is 1.53 bits per heavy atom. The van der Waals surface area contributed by atoms with Gasteiger partial charge in [-0.05, 0) is 26.0 Å². The zero-order valence-corrected chi connectivity index (χ0v) is 9.67. The van der Waals surface area contributed by atoms with Crippen LogP contribution in [0.5, 0.6) is 0 Å². The molecule has 0 saturated heterocycles. The Hall–Kier alpha value is -1.29. The smallest absolute Gasteiger partial charge is 0.313 e. The standard InChI is InChI=1S/C11H14N2OS/c1-8(13-6-5-12-11(13)14)7-10-4-3-9(2)15-10/h3-6,8H,7H2,1-2H3,(H,12,14). The highest BCUT2D eigenvalue weighted by Gasteiger charge is 2.08. The highest BCUT2D eigenvalue weighted by atomic mass is 32.1. The Balaban J connectivity index is 2.14. The summed E-state index contributed by atoms with van der Waals surface area (Å²) in [5, 5.41) is 0. The second-order valence-corrected chi connectivity index (χ2v) is 5.11. The Bertz CT molecular complexity index is 494. The second kappa shape index (κ2) is 4.06. The molecule has 2 aromatic heterocycles. The van der Waals surface area contributed by atoms with Crippen molar-refractivity contribution in [1.29, 1.82) is 0 Å². The van der Waals surface area contributed by atoms with Gasteiger partial charge in [0.2, 0.25) is 0 Å². The van der Waals surface area contributed by atoms with Crippen LogP contribution in [0, 0.1) is 6.92 Å². The number of aromatic amines is 1. The van der Waals surface area contributed by atoms with E-state index < -0.39 is 0 Å². The van der Waals surface area contributed by atoms with Gasteiger partial charge >= 0.3 is 5.69 Å². The fourth-order valence-electron chi connectivity index (χ4n) is 1.66. The molecule has 0 aliphatic carbocycles. The zero-order valence-electron chi connectivity index (χ0n) is 8.86. The van der Waals surface area contributed by atoms with Crippen molar-refractivity contribution in [1.82, 2.24) is 9.55 Å². The number of hydrogen-bond acceptors (Lipinski definition) is 2. The Morgan fingerprint density at radius 2 is 2.33 bits per heavy atom. The van der Waals surface area contributed by atoms with E-state index in [2.05, 4.69) is 31.0 Å². The summed E-state index contributed by atoms with van der Waals surface area (Å²) in [5.41, 5.74) is -0.0317. The molecular weight excluding hydrogens is 208 g/mol. The van der Waals surface area contributed by atoms with E-state index in [0.29, 0.717) is 0 Å². The van der Waals surface area contributed by atoms with Crippen molar-refractivity contribution >= 4 is 11.3 Å². The molecule has 3 nitrogen and oxygen atoms in total. The molecule has 4 heteroatoms. The number of imidazole rings is 1. The molecule has 0 radical (unpaired) electrons. The molecule has 0 aliphatic heterocycles. The van der Waals surface area contributed by atoms with Crippen molar-refractivity contribution in [3.63, 3.8) is 0 Å². The van der Waals surface area contributed by atoms with Gasteiger partial charge in [-0.25, -0.2) is 4.79 Å². The number of thiophene rings is 1. The quantitative estimate of drug-likeness (QED) is 0.850. The third-order valence-corrected chi connectivity index (χ3v) is 3.47. The summed E-state index contributed by atoms with van der Waals surface area (Å²) >= 11 is 1.79. The maximum atomic E-state index is 11.4. The maximum absolute atomic E-state index is 11.4. The molecule has 0 spiro atoms. The summed E-state index contributed by atoms with van der Waals surface area (Å²) in [6, 6.07) is 4.46. The van der Waals surface area contributed by atoms with E-state index in [0.717, 1.165) is 6.42 Å². The summed E-state index contributed by atoms with van der Waals surface area (Å²) in [6.07, 6.45) is 4.39. The number of aromatic nitrogens is 2. The molecule has 1 unspecified atom stereocenters. The lowest BCUT2D eigenvalue weighted by molar-refractivity contribution is 0.532. The monoisotopic (exact) mass is 222 g/mol. The van der Waals surface area contributed by atoms with Crippen LogP contribution >= 0.6 is 11.3 Å². The summed E-state index contributed by atoms with van der Waals surface area (Å²) in [4.78, 5) is 16.7. The number of hydrogen-bond donors (Lipinski definition) is 1. The molecule has 15 heavy (non-hydrogen) atoms. The minimum Gasteiger partial charge on any atom is -0.313 e. The lowest BCUT2D eigenvalue weighted by atomic mass is 10.2. The van der Waals surface area contributed by atoms with Gasteiger partial charge in [0, 0.05) is 34.6 Å². The van der Waals surface area contributed by atoms with Gasteiger partial charge in [-0.3, -0.25) is 4.57 Å². The van der Waals surface area contributed by atoms with Crippen LogP contribution in [0.25, 0.3) is 0 Å². The van der Waals surface area contributed by atoms with Gasteiger partial charge in [0.25, 0.3) is 0 Å². The van der Waals surface area contributed by atoms with Crippen LogP contribution in [-0.4, -0.2) is 9.55 Å².